The van der Waals surface area contributed by atoms with Gasteiger partial charge in [-0.1, -0.05) is 18.2 Å². The number of nitrogens with two attached hydrogens (primary N) is 1. The monoisotopic (exact) mass is 337 g/mol. The fraction of sp³-hybridized carbons (Fsp3) is 0.333. The zero-order valence-corrected chi connectivity index (χ0v) is 13.7. The molecule has 128 valence electrons. The SMILES string of the molecule is Nc1[nH]c(=O)nc2c1C(c1cc3ccccc3n1C1CC1)NCCO2. The lowest BCUT2D eigenvalue weighted by Gasteiger charge is -2.21. The number of H-pyrrole nitrogens is 1. The molecule has 1 unspecified atom stereocenters. The maximum Gasteiger partial charge on any atom is 0.349 e. The molecule has 5 rings (SSSR count). The van der Waals surface area contributed by atoms with Gasteiger partial charge in [0.05, 0.1) is 11.6 Å². The maximum absolute atomic E-state index is 11.7. The van der Waals surface area contributed by atoms with E-state index in [4.69, 9.17) is 10.5 Å². The molecule has 1 saturated carbocycles. The Morgan fingerprint density at radius 2 is 2.12 bits per heavy atom. The van der Waals surface area contributed by atoms with Crippen LogP contribution in [0.1, 0.15) is 36.2 Å². The number of nitrogens with zero attached hydrogens (tertiary/aromatic N) is 2. The van der Waals surface area contributed by atoms with Crippen LogP contribution in [0.4, 0.5) is 5.82 Å². The molecule has 1 atom stereocenters. The second-order valence-corrected chi connectivity index (χ2v) is 6.64. The number of nitrogens with one attached hydrogen (secondary N) is 2. The highest BCUT2D eigenvalue weighted by atomic mass is 16.5. The Labute approximate surface area is 143 Å². The van der Waals surface area contributed by atoms with Gasteiger partial charge in [-0.2, -0.15) is 4.98 Å². The molecule has 2 aliphatic rings. The summed E-state index contributed by atoms with van der Waals surface area (Å²) in [5, 5.41) is 4.71. The van der Waals surface area contributed by atoms with Crippen LogP contribution >= 0.6 is 0 Å². The molecule has 1 aromatic carbocycles. The van der Waals surface area contributed by atoms with Crippen molar-refractivity contribution >= 4 is 16.7 Å². The lowest BCUT2D eigenvalue weighted by Crippen LogP contribution is -2.27. The lowest BCUT2D eigenvalue weighted by atomic mass is 10.0. The molecule has 3 aromatic rings. The van der Waals surface area contributed by atoms with E-state index >= 15 is 0 Å². The van der Waals surface area contributed by atoms with Crippen LogP contribution in [-0.4, -0.2) is 27.7 Å². The molecule has 7 heteroatoms. The molecule has 25 heavy (non-hydrogen) atoms. The van der Waals surface area contributed by atoms with Crippen molar-refractivity contribution in [1.29, 1.82) is 0 Å². The van der Waals surface area contributed by atoms with Gasteiger partial charge in [0.1, 0.15) is 12.4 Å². The third-order valence-electron chi connectivity index (χ3n) is 4.93. The van der Waals surface area contributed by atoms with Gasteiger partial charge in [-0.15, -0.1) is 0 Å². The summed E-state index contributed by atoms with van der Waals surface area (Å²) in [7, 11) is 0. The summed E-state index contributed by atoms with van der Waals surface area (Å²) >= 11 is 0. The predicted octanol–water partition coefficient (Wildman–Crippen LogP) is 1.71. The Morgan fingerprint density at radius 3 is 2.96 bits per heavy atom. The van der Waals surface area contributed by atoms with E-state index in [1.54, 1.807) is 0 Å². The van der Waals surface area contributed by atoms with E-state index in [-0.39, 0.29) is 6.04 Å². The summed E-state index contributed by atoms with van der Waals surface area (Å²) in [5.74, 6) is 0.630. The van der Waals surface area contributed by atoms with Crippen molar-refractivity contribution in [1.82, 2.24) is 19.9 Å². The number of hydrogen-bond acceptors (Lipinski definition) is 5. The van der Waals surface area contributed by atoms with Crippen molar-refractivity contribution in [3.05, 3.63) is 52.1 Å². The molecule has 0 radical (unpaired) electrons. The Morgan fingerprint density at radius 1 is 1.28 bits per heavy atom. The first-order chi connectivity index (χ1) is 12.2. The van der Waals surface area contributed by atoms with Crippen LogP contribution in [-0.2, 0) is 0 Å². The molecular formula is C18H19N5O2. The highest BCUT2D eigenvalue weighted by molar-refractivity contribution is 5.82. The third kappa shape index (κ3) is 2.31. The van der Waals surface area contributed by atoms with Gasteiger partial charge < -0.3 is 20.4 Å². The quantitative estimate of drug-likeness (QED) is 0.661. The smallest absolute Gasteiger partial charge is 0.349 e. The fourth-order valence-corrected chi connectivity index (χ4v) is 3.73. The van der Waals surface area contributed by atoms with Crippen molar-refractivity contribution in [3.8, 4) is 5.88 Å². The average Bonchev–Trinajstić information content (AvgIpc) is 3.38. The molecule has 2 aromatic heterocycles. The number of aromatic amines is 1. The number of para-hydroxylation sites is 1. The van der Waals surface area contributed by atoms with Crippen LogP contribution in [0.25, 0.3) is 10.9 Å². The van der Waals surface area contributed by atoms with Gasteiger partial charge in [0.25, 0.3) is 0 Å². The molecule has 7 nitrogen and oxygen atoms in total. The minimum Gasteiger partial charge on any atom is -0.476 e. The Hall–Kier alpha value is -2.80. The summed E-state index contributed by atoms with van der Waals surface area (Å²) in [6.07, 6.45) is 2.36. The van der Waals surface area contributed by atoms with Gasteiger partial charge in [0.15, 0.2) is 0 Å². The van der Waals surface area contributed by atoms with E-state index in [0.717, 1.165) is 5.69 Å². The zero-order valence-electron chi connectivity index (χ0n) is 13.7. The molecule has 4 N–H and O–H groups in total. The number of rotatable bonds is 2. The predicted molar refractivity (Wildman–Crippen MR) is 94.8 cm³/mol. The van der Waals surface area contributed by atoms with Crippen molar-refractivity contribution in [2.45, 2.75) is 24.9 Å². The minimum atomic E-state index is -0.486. The summed E-state index contributed by atoms with van der Waals surface area (Å²) in [6, 6.07) is 10.9. The van der Waals surface area contributed by atoms with Gasteiger partial charge in [-0.25, -0.2) is 4.79 Å². The zero-order chi connectivity index (χ0) is 17.0. The molecule has 1 aliphatic carbocycles. The molecule has 3 heterocycles. The second kappa shape index (κ2) is 5.35. The Kier molecular flexibility index (Phi) is 3.11. The molecule has 1 aliphatic heterocycles. The van der Waals surface area contributed by atoms with Crippen molar-refractivity contribution < 1.29 is 4.74 Å². The number of hydrogen-bond donors (Lipinski definition) is 3. The van der Waals surface area contributed by atoms with Crippen molar-refractivity contribution in [2.75, 3.05) is 18.9 Å². The molecule has 0 saturated heterocycles. The first kappa shape index (κ1) is 14.5. The first-order valence-corrected chi connectivity index (χ1v) is 8.58. The molecule has 0 spiro atoms. The summed E-state index contributed by atoms with van der Waals surface area (Å²) < 4.78 is 8.06. The summed E-state index contributed by atoms with van der Waals surface area (Å²) in [4.78, 5) is 18.3. The molecule has 1 fully saturated rings. The maximum atomic E-state index is 11.7. The Balaban J connectivity index is 1.76. The van der Waals surface area contributed by atoms with E-state index in [0.29, 0.717) is 36.5 Å². The van der Waals surface area contributed by atoms with Crippen molar-refractivity contribution in [2.24, 2.45) is 0 Å². The average molecular weight is 337 g/mol. The normalized spacial score (nSPS) is 20.1. The van der Waals surface area contributed by atoms with E-state index in [9.17, 15) is 4.79 Å². The van der Waals surface area contributed by atoms with E-state index in [1.165, 1.54) is 23.7 Å². The summed E-state index contributed by atoms with van der Waals surface area (Å²) in [6.45, 7) is 1.10. The number of aromatic nitrogens is 3. The van der Waals surface area contributed by atoms with Gasteiger partial charge in [-0.05, 0) is 30.4 Å². The lowest BCUT2D eigenvalue weighted by molar-refractivity contribution is 0.312. The fourth-order valence-electron chi connectivity index (χ4n) is 3.73. The summed E-state index contributed by atoms with van der Waals surface area (Å²) in [5.41, 5.74) is 8.74. The topological polar surface area (TPSA) is 98.0 Å². The number of anilines is 1. The number of nitrogen functional groups attached to an aromatic ring is 1. The number of fused-ring (bicyclic) bond motifs is 2. The van der Waals surface area contributed by atoms with Gasteiger partial charge >= 0.3 is 5.69 Å². The van der Waals surface area contributed by atoms with E-state index in [1.807, 2.05) is 6.07 Å². The molecule has 0 bridgehead atoms. The van der Waals surface area contributed by atoms with E-state index < -0.39 is 5.69 Å². The van der Waals surface area contributed by atoms with Crippen LogP contribution in [0.2, 0.25) is 0 Å². The van der Waals surface area contributed by atoms with Gasteiger partial charge in [-0.3, -0.25) is 4.98 Å². The highest BCUT2D eigenvalue weighted by Crippen LogP contribution is 2.43. The largest absolute Gasteiger partial charge is 0.476 e. The van der Waals surface area contributed by atoms with Crippen molar-refractivity contribution in [3.63, 3.8) is 0 Å². The van der Waals surface area contributed by atoms with Crippen LogP contribution in [0, 0.1) is 0 Å². The van der Waals surface area contributed by atoms with Gasteiger partial charge in [0.2, 0.25) is 5.88 Å². The van der Waals surface area contributed by atoms with Gasteiger partial charge in [0, 0.05) is 23.8 Å². The number of benzene rings is 1. The van der Waals surface area contributed by atoms with E-state index in [2.05, 4.69) is 44.1 Å². The van der Waals surface area contributed by atoms with Crippen LogP contribution < -0.4 is 21.5 Å². The third-order valence-corrected chi connectivity index (χ3v) is 4.93. The first-order valence-electron chi connectivity index (χ1n) is 8.58. The van der Waals surface area contributed by atoms with Crippen LogP contribution in [0.5, 0.6) is 5.88 Å². The highest BCUT2D eigenvalue weighted by Gasteiger charge is 2.33. The van der Waals surface area contributed by atoms with Crippen LogP contribution in [0.3, 0.4) is 0 Å². The minimum absolute atomic E-state index is 0.171. The number of ether oxygens (including phenoxy) is 1. The second-order valence-electron chi connectivity index (χ2n) is 6.64. The Bertz CT molecular complexity index is 1020. The van der Waals surface area contributed by atoms with Crippen LogP contribution in [0.15, 0.2) is 35.1 Å². The molecular weight excluding hydrogens is 318 g/mol. The standard InChI is InChI=1S/C18H19N5O2/c19-16-14-15(20-7-8-25-17(14)22-18(24)21-16)13-9-10-3-1-2-4-12(10)23(13)11-5-6-11/h1-4,9,11,15,20H,5-8H2,(H3,19,21,22,24). The molecule has 0 amide bonds.